The lowest BCUT2D eigenvalue weighted by atomic mass is 10.1. The van der Waals surface area contributed by atoms with E-state index in [4.69, 9.17) is 0 Å². The minimum atomic E-state index is -3.85. The Bertz CT molecular complexity index is 1480. The number of rotatable bonds is 8. The zero-order chi connectivity index (χ0) is 26.8. The fourth-order valence-corrected chi connectivity index (χ4v) is 6.17. The van der Waals surface area contributed by atoms with Crippen molar-refractivity contribution in [2.24, 2.45) is 0 Å². The molecule has 0 aromatic heterocycles. The van der Waals surface area contributed by atoms with Crippen LogP contribution in [0.3, 0.4) is 0 Å². The third-order valence-electron chi connectivity index (χ3n) is 5.98. The van der Waals surface area contributed by atoms with E-state index in [1.165, 1.54) is 31.2 Å². The maximum atomic E-state index is 13.0. The molecule has 0 aliphatic heterocycles. The molecule has 0 spiro atoms. The molecule has 0 saturated carbocycles. The van der Waals surface area contributed by atoms with Crippen LogP contribution in [0.15, 0.2) is 65.6 Å². The Morgan fingerprint density at radius 3 is 1.92 bits per heavy atom. The predicted octanol–water partition coefficient (Wildman–Crippen LogP) is 4.51. The number of nitrogens with one attached hydrogen (secondary N) is 2. The molecule has 8 nitrogen and oxygen atoms in total. The Morgan fingerprint density at radius 1 is 0.806 bits per heavy atom. The number of amides is 1. The third kappa shape index (κ3) is 6.06. The van der Waals surface area contributed by atoms with Gasteiger partial charge in [0.2, 0.25) is 15.9 Å². The number of hydrogen-bond donors (Lipinski definition) is 2. The quantitative estimate of drug-likeness (QED) is 0.446. The van der Waals surface area contributed by atoms with E-state index in [0.717, 1.165) is 32.8 Å². The highest BCUT2D eigenvalue weighted by atomic mass is 32.2. The first-order valence-corrected chi connectivity index (χ1v) is 14.6. The average molecular weight is 530 g/mol. The molecule has 0 bridgehead atoms. The highest BCUT2D eigenvalue weighted by Crippen LogP contribution is 2.26. The summed E-state index contributed by atoms with van der Waals surface area (Å²) >= 11 is 0. The van der Waals surface area contributed by atoms with Crippen LogP contribution in [0.2, 0.25) is 0 Å². The Hall–Kier alpha value is -3.37. The molecule has 1 atom stereocenters. The SMILES string of the molecule is Cc1ccc(N([C@@H](C)C(=O)Nc2ccc(S(=O)(=O)Nc3c(C)cccc3C)cc2)S(C)(=O)=O)cc1C. The highest BCUT2D eigenvalue weighted by Gasteiger charge is 2.29. The van der Waals surface area contributed by atoms with Gasteiger partial charge in [-0.1, -0.05) is 24.3 Å². The summed E-state index contributed by atoms with van der Waals surface area (Å²) in [5.41, 5.74) is 4.77. The van der Waals surface area contributed by atoms with Gasteiger partial charge in [0.05, 0.1) is 22.5 Å². The molecule has 192 valence electrons. The van der Waals surface area contributed by atoms with Gasteiger partial charge in [-0.2, -0.15) is 0 Å². The smallest absolute Gasteiger partial charge is 0.261 e. The van der Waals surface area contributed by atoms with E-state index in [9.17, 15) is 21.6 Å². The van der Waals surface area contributed by atoms with Crippen molar-refractivity contribution in [3.63, 3.8) is 0 Å². The molecule has 0 radical (unpaired) electrons. The summed E-state index contributed by atoms with van der Waals surface area (Å²) in [7, 11) is -7.61. The summed E-state index contributed by atoms with van der Waals surface area (Å²) < 4.78 is 54.6. The normalized spacial score (nSPS) is 12.6. The van der Waals surface area contributed by atoms with Crippen LogP contribution in [0.1, 0.15) is 29.2 Å². The van der Waals surface area contributed by atoms with Gasteiger partial charge in [-0.25, -0.2) is 16.8 Å². The van der Waals surface area contributed by atoms with E-state index in [1.54, 1.807) is 18.2 Å². The van der Waals surface area contributed by atoms with Crippen LogP contribution >= 0.6 is 0 Å². The molecule has 0 unspecified atom stereocenters. The zero-order valence-corrected chi connectivity index (χ0v) is 22.8. The Kier molecular flexibility index (Phi) is 7.80. The second-order valence-electron chi connectivity index (χ2n) is 8.89. The number of sulfonamides is 2. The maximum absolute atomic E-state index is 13.0. The summed E-state index contributed by atoms with van der Waals surface area (Å²) in [6, 6.07) is 15.3. The molecular weight excluding hydrogens is 498 g/mol. The molecule has 0 saturated heterocycles. The van der Waals surface area contributed by atoms with Crippen molar-refractivity contribution in [3.8, 4) is 0 Å². The highest BCUT2D eigenvalue weighted by molar-refractivity contribution is 7.92. The minimum Gasteiger partial charge on any atom is -0.324 e. The second kappa shape index (κ2) is 10.3. The third-order valence-corrected chi connectivity index (χ3v) is 8.59. The first-order chi connectivity index (χ1) is 16.7. The van der Waals surface area contributed by atoms with E-state index in [2.05, 4.69) is 10.0 Å². The molecule has 3 aromatic carbocycles. The molecule has 36 heavy (non-hydrogen) atoms. The fraction of sp³-hybridized carbons (Fsp3) is 0.269. The zero-order valence-electron chi connectivity index (χ0n) is 21.2. The van der Waals surface area contributed by atoms with E-state index < -0.39 is 32.0 Å². The summed E-state index contributed by atoms with van der Waals surface area (Å²) in [4.78, 5) is 13.0. The summed E-state index contributed by atoms with van der Waals surface area (Å²) in [5, 5.41) is 2.68. The van der Waals surface area contributed by atoms with Crippen LogP contribution in [-0.2, 0) is 24.8 Å². The van der Waals surface area contributed by atoms with Gasteiger partial charge in [0, 0.05) is 5.69 Å². The van der Waals surface area contributed by atoms with Crippen LogP contribution in [0.5, 0.6) is 0 Å². The van der Waals surface area contributed by atoms with Crippen molar-refractivity contribution >= 4 is 43.0 Å². The molecule has 2 N–H and O–H groups in total. The van der Waals surface area contributed by atoms with Crippen molar-refractivity contribution < 1.29 is 21.6 Å². The van der Waals surface area contributed by atoms with Crippen LogP contribution < -0.4 is 14.3 Å². The molecule has 3 aromatic rings. The Balaban J connectivity index is 1.80. The first kappa shape index (κ1) is 27.2. The second-order valence-corrected chi connectivity index (χ2v) is 12.4. The standard InChI is InChI=1S/C26H31N3O5S2/c1-17-10-13-23(16-20(17)4)29(35(6,31)32)21(5)26(30)27-22-11-14-24(15-12-22)36(33,34)28-25-18(2)8-7-9-19(25)3/h7-16,21,28H,1-6H3,(H,27,30)/t21-/m0/s1. The van der Waals surface area contributed by atoms with Gasteiger partial charge >= 0.3 is 0 Å². The van der Waals surface area contributed by atoms with Crippen molar-refractivity contribution in [3.05, 3.63) is 82.9 Å². The molecule has 1 amide bonds. The number of hydrogen-bond acceptors (Lipinski definition) is 5. The number of aryl methyl sites for hydroxylation is 4. The average Bonchev–Trinajstić information content (AvgIpc) is 2.78. The molecule has 10 heteroatoms. The van der Waals surface area contributed by atoms with E-state index >= 15 is 0 Å². The molecule has 0 aliphatic rings. The number of para-hydroxylation sites is 1. The number of carbonyl (C=O) groups is 1. The summed E-state index contributed by atoms with van der Waals surface area (Å²) in [6.45, 7) is 8.93. The van der Waals surface area contributed by atoms with Gasteiger partial charge in [0.25, 0.3) is 10.0 Å². The lowest BCUT2D eigenvalue weighted by Crippen LogP contribution is -2.45. The molecule has 0 aliphatic carbocycles. The van der Waals surface area contributed by atoms with Crippen LogP contribution in [0.4, 0.5) is 17.1 Å². The fourth-order valence-electron chi connectivity index (χ4n) is 3.80. The largest absolute Gasteiger partial charge is 0.324 e. The van der Waals surface area contributed by atoms with Gasteiger partial charge in [0.15, 0.2) is 0 Å². The minimum absolute atomic E-state index is 0.0316. The topological polar surface area (TPSA) is 113 Å². The van der Waals surface area contributed by atoms with Gasteiger partial charge in [0.1, 0.15) is 6.04 Å². The van der Waals surface area contributed by atoms with Crippen LogP contribution in [-0.4, -0.2) is 35.0 Å². The molecular formula is C26H31N3O5S2. The Labute approximate surface area is 213 Å². The van der Waals surface area contributed by atoms with Gasteiger partial charge < -0.3 is 5.32 Å². The molecule has 0 fully saturated rings. The van der Waals surface area contributed by atoms with Crippen molar-refractivity contribution in [2.75, 3.05) is 20.6 Å². The lowest BCUT2D eigenvalue weighted by molar-refractivity contribution is -0.116. The Morgan fingerprint density at radius 2 is 1.39 bits per heavy atom. The first-order valence-electron chi connectivity index (χ1n) is 11.3. The van der Waals surface area contributed by atoms with Crippen molar-refractivity contribution in [1.29, 1.82) is 0 Å². The van der Waals surface area contributed by atoms with Gasteiger partial charge in [-0.05, 0) is 93.3 Å². The van der Waals surface area contributed by atoms with Crippen LogP contribution in [0.25, 0.3) is 0 Å². The number of carbonyl (C=O) groups excluding carboxylic acids is 1. The predicted molar refractivity (Wildman–Crippen MR) is 144 cm³/mol. The summed E-state index contributed by atoms with van der Waals surface area (Å²) in [5.74, 6) is -0.553. The number of nitrogens with zero attached hydrogens (tertiary/aromatic N) is 1. The number of benzene rings is 3. The van der Waals surface area contributed by atoms with Gasteiger partial charge in [-0.3, -0.25) is 13.8 Å². The van der Waals surface area contributed by atoms with Crippen LogP contribution in [0, 0.1) is 27.7 Å². The monoisotopic (exact) mass is 529 g/mol. The molecule has 0 heterocycles. The van der Waals surface area contributed by atoms with Crippen molar-refractivity contribution in [1.82, 2.24) is 0 Å². The van der Waals surface area contributed by atoms with Gasteiger partial charge in [-0.15, -0.1) is 0 Å². The summed E-state index contributed by atoms with van der Waals surface area (Å²) in [6.07, 6.45) is 1.05. The maximum Gasteiger partial charge on any atom is 0.261 e. The van der Waals surface area contributed by atoms with E-state index in [0.29, 0.717) is 17.1 Å². The lowest BCUT2D eigenvalue weighted by Gasteiger charge is -2.28. The number of anilines is 3. The van der Waals surface area contributed by atoms with Crippen molar-refractivity contribution in [2.45, 2.75) is 45.6 Å². The molecule has 3 rings (SSSR count). The van der Waals surface area contributed by atoms with E-state index in [-0.39, 0.29) is 4.90 Å². The van der Waals surface area contributed by atoms with E-state index in [1.807, 2.05) is 45.9 Å².